The summed E-state index contributed by atoms with van der Waals surface area (Å²) in [4.78, 5) is 39.9. The highest BCUT2D eigenvalue weighted by Gasteiger charge is 2.29. The quantitative estimate of drug-likeness (QED) is 0.753. The lowest BCUT2D eigenvalue weighted by Gasteiger charge is -2.37. The topological polar surface area (TPSA) is 88.2 Å². The summed E-state index contributed by atoms with van der Waals surface area (Å²) >= 11 is 0.880. The number of hydrogen-bond donors (Lipinski definition) is 1. The molecule has 1 aromatic rings. The zero-order chi connectivity index (χ0) is 21.2. The monoisotopic (exact) mass is 419 g/mol. The summed E-state index contributed by atoms with van der Waals surface area (Å²) in [6.07, 6.45) is 1.38. The molecule has 2 heterocycles. The molecule has 2 aliphatic rings. The second-order valence-electron chi connectivity index (χ2n) is 7.70. The maximum Gasteiger partial charge on any atom is 0.410 e. The van der Waals surface area contributed by atoms with Gasteiger partial charge < -0.3 is 19.3 Å². The molecular weight excluding hydrogens is 394 g/mol. The fourth-order valence-corrected chi connectivity index (χ4v) is 3.83. The number of methoxy groups -OCH3 is 1. The minimum Gasteiger partial charge on any atom is -0.495 e. The Morgan fingerprint density at radius 2 is 1.86 bits per heavy atom. The number of hydrogen-bond acceptors (Lipinski definition) is 7. The molecule has 8 nitrogen and oxygen atoms in total. The van der Waals surface area contributed by atoms with E-state index in [0.717, 1.165) is 23.0 Å². The molecule has 0 atom stereocenters. The number of para-hydroxylation sites is 1. The Kier molecular flexibility index (Phi) is 6.07. The van der Waals surface area contributed by atoms with Crippen LogP contribution in [0.2, 0.25) is 0 Å². The predicted octanol–water partition coefficient (Wildman–Crippen LogP) is 3.08. The van der Waals surface area contributed by atoms with Crippen molar-refractivity contribution in [2.45, 2.75) is 26.4 Å². The van der Waals surface area contributed by atoms with Crippen LogP contribution in [0.4, 0.5) is 15.3 Å². The van der Waals surface area contributed by atoms with Gasteiger partial charge in [0.1, 0.15) is 11.4 Å². The molecule has 1 aromatic carbocycles. The van der Waals surface area contributed by atoms with Crippen LogP contribution in [0.3, 0.4) is 0 Å². The average Bonchev–Trinajstić information content (AvgIpc) is 2.97. The normalized spacial score (nSPS) is 18.8. The van der Waals surface area contributed by atoms with Crippen molar-refractivity contribution in [3.8, 4) is 5.75 Å². The molecule has 29 heavy (non-hydrogen) atoms. The Labute approximate surface area is 174 Å². The molecule has 156 valence electrons. The summed E-state index contributed by atoms with van der Waals surface area (Å²) in [5.41, 5.74) is 1.08. The van der Waals surface area contributed by atoms with Crippen LogP contribution in [0.25, 0.3) is 6.08 Å². The van der Waals surface area contributed by atoms with Gasteiger partial charge in [0.05, 0.1) is 17.7 Å². The van der Waals surface area contributed by atoms with Gasteiger partial charge in [-0.2, -0.15) is 0 Å². The number of benzene rings is 1. The highest BCUT2D eigenvalue weighted by Crippen LogP contribution is 2.36. The molecule has 0 unspecified atom stereocenters. The van der Waals surface area contributed by atoms with Gasteiger partial charge in [-0.05, 0) is 44.7 Å². The molecule has 0 bridgehead atoms. The first kappa shape index (κ1) is 21.0. The standard InChI is InChI=1S/C20H25N3O5S/c1-20(2,3)28-19(26)23-10-8-22(9-11-23)16-13(6-5-7-14(16)27-4)12-15-17(24)21-18(25)29-15/h5-7,12H,8-11H2,1-4H3,(H,21,24,25)/b15-12-. The van der Waals surface area contributed by atoms with Crippen LogP contribution in [0.15, 0.2) is 23.1 Å². The number of rotatable bonds is 3. The molecule has 2 saturated heterocycles. The molecule has 2 aliphatic heterocycles. The molecule has 2 fully saturated rings. The number of piperazine rings is 1. The number of imide groups is 1. The first-order valence-electron chi connectivity index (χ1n) is 9.32. The summed E-state index contributed by atoms with van der Waals surface area (Å²) in [6, 6.07) is 5.57. The fourth-order valence-electron chi connectivity index (χ4n) is 3.16. The van der Waals surface area contributed by atoms with Crippen LogP contribution in [0.1, 0.15) is 26.3 Å². The van der Waals surface area contributed by atoms with E-state index < -0.39 is 11.5 Å². The van der Waals surface area contributed by atoms with E-state index in [1.807, 2.05) is 39.0 Å². The van der Waals surface area contributed by atoms with Crippen molar-refractivity contribution < 1.29 is 23.9 Å². The zero-order valence-corrected chi connectivity index (χ0v) is 17.8. The van der Waals surface area contributed by atoms with E-state index in [9.17, 15) is 14.4 Å². The Balaban J connectivity index is 1.81. The van der Waals surface area contributed by atoms with E-state index in [1.54, 1.807) is 18.1 Å². The third kappa shape index (κ3) is 5.03. The Hall–Kier alpha value is -2.68. The summed E-state index contributed by atoms with van der Waals surface area (Å²) in [5.74, 6) is 0.267. The number of ether oxygens (including phenoxy) is 2. The second-order valence-corrected chi connectivity index (χ2v) is 8.72. The van der Waals surface area contributed by atoms with Crippen LogP contribution < -0.4 is 15.0 Å². The largest absolute Gasteiger partial charge is 0.495 e. The SMILES string of the molecule is COc1cccc(/C=C2\SC(=O)NC2=O)c1N1CCN(C(=O)OC(C)(C)C)CC1. The molecule has 0 aliphatic carbocycles. The third-order valence-corrected chi connectivity index (χ3v) is 5.24. The zero-order valence-electron chi connectivity index (χ0n) is 17.0. The summed E-state index contributed by atoms with van der Waals surface area (Å²) in [7, 11) is 1.59. The molecule has 0 spiro atoms. The average molecular weight is 420 g/mol. The van der Waals surface area contributed by atoms with Crippen LogP contribution in [0, 0.1) is 0 Å². The van der Waals surface area contributed by atoms with Crippen molar-refractivity contribution in [2.75, 3.05) is 38.2 Å². The maximum absolute atomic E-state index is 12.3. The Morgan fingerprint density at radius 3 is 2.41 bits per heavy atom. The first-order valence-corrected chi connectivity index (χ1v) is 10.1. The first-order chi connectivity index (χ1) is 13.7. The van der Waals surface area contributed by atoms with E-state index in [4.69, 9.17) is 9.47 Å². The third-order valence-electron chi connectivity index (χ3n) is 4.43. The van der Waals surface area contributed by atoms with Gasteiger partial charge in [-0.25, -0.2) is 4.79 Å². The van der Waals surface area contributed by atoms with Crippen molar-refractivity contribution in [3.63, 3.8) is 0 Å². The molecule has 0 aromatic heterocycles. The van der Waals surface area contributed by atoms with Gasteiger partial charge in [0.25, 0.3) is 11.1 Å². The van der Waals surface area contributed by atoms with E-state index in [-0.39, 0.29) is 11.3 Å². The number of nitrogens with zero attached hydrogens (tertiary/aromatic N) is 2. The summed E-state index contributed by atoms with van der Waals surface area (Å²) < 4.78 is 11.0. The van der Waals surface area contributed by atoms with Gasteiger partial charge in [0.2, 0.25) is 0 Å². The lowest BCUT2D eigenvalue weighted by atomic mass is 10.1. The molecule has 3 amide bonds. The molecule has 1 N–H and O–H groups in total. The van der Waals surface area contributed by atoms with E-state index in [0.29, 0.717) is 36.8 Å². The number of carbonyl (C=O) groups is 3. The smallest absolute Gasteiger partial charge is 0.410 e. The number of carbonyl (C=O) groups excluding carboxylic acids is 3. The maximum atomic E-state index is 12.3. The van der Waals surface area contributed by atoms with E-state index in [2.05, 4.69) is 10.2 Å². The summed E-state index contributed by atoms with van der Waals surface area (Å²) in [6.45, 7) is 7.74. The van der Waals surface area contributed by atoms with Crippen molar-refractivity contribution in [2.24, 2.45) is 0 Å². The van der Waals surface area contributed by atoms with Crippen LogP contribution in [-0.4, -0.2) is 61.0 Å². The predicted molar refractivity (Wildman–Crippen MR) is 112 cm³/mol. The lowest BCUT2D eigenvalue weighted by Crippen LogP contribution is -2.50. The lowest BCUT2D eigenvalue weighted by molar-refractivity contribution is -0.115. The highest BCUT2D eigenvalue weighted by atomic mass is 32.2. The van der Waals surface area contributed by atoms with Crippen molar-refractivity contribution in [1.29, 1.82) is 0 Å². The molecule has 9 heteroatoms. The van der Waals surface area contributed by atoms with Crippen LogP contribution in [-0.2, 0) is 9.53 Å². The molecule has 3 rings (SSSR count). The minimum absolute atomic E-state index is 0.322. The van der Waals surface area contributed by atoms with E-state index in [1.165, 1.54) is 0 Å². The van der Waals surface area contributed by atoms with Crippen molar-refractivity contribution in [1.82, 2.24) is 10.2 Å². The van der Waals surface area contributed by atoms with Crippen LogP contribution >= 0.6 is 11.8 Å². The fraction of sp³-hybridized carbons (Fsp3) is 0.450. The van der Waals surface area contributed by atoms with Gasteiger partial charge in [-0.3, -0.25) is 14.9 Å². The second kappa shape index (κ2) is 8.36. The Bertz CT molecular complexity index is 854. The molecule has 0 saturated carbocycles. The Morgan fingerprint density at radius 1 is 1.17 bits per heavy atom. The van der Waals surface area contributed by atoms with Gasteiger partial charge >= 0.3 is 6.09 Å². The van der Waals surface area contributed by atoms with E-state index >= 15 is 0 Å². The number of amides is 3. The van der Waals surface area contributed by atoms with Gasteiger partial charge in [-0.15, -0.1) is 0 Å². The summed E-state index contributed by atoms with van der Waals surface area (Å²) in [5, 5.41) is 1.89. The number of anilines is 1. The van der Waals surface area contributed by atoms with Crippen LogP contribution in [0.5, 0.6) is 5.75 Å². The van der Waals surface area contributed by atoms with Gasteiger partial charge in [-0.1, -0.05) is 12.1 Å². The van der Waals surface area contributed by atoms with Gasteiger partial charge in [0.15, 0.2) is 0 Å². The van der Waals surface area contributed by atoms with Crippen molar-refractivity contribution >= 4 is 40.8 Å². The molecular formula is C20H25N3O5S. The van der Waals surface area contributed by atoms with Gasteiger partial charge in [0, 0.05) is 31.7 Å². The number of thioether (sulfide) groups is 1. The number of nitrogens with one attached hydrogen (secondary N) is 1. The van der Waals surface area contributed by atoms with Crippen molar-refractivity contribution in [3.05, 3.63) is 28.7 Å². The molecule has 0 radical (unpaired) electrons. The minimum atomic E-state index is -0.535. The highest BCUT2D eigenvalue weighted by molar-refractivity contribution is 8.18.